The first-order chi connectivity index (χ1) is 12.5. The van der Waals surface area contributed by atoms with Gasteiger partial charge in [-0.3, -0.25) is 9.89 Å². The second kappa shape index (κ2) is 8.44. The van der Waals surface area contributed by atoms with E-state index >= 15 is 0 Å². The third kappa shape index (κ3) is 4.34. The van der Waals surface area contributed by atoms with Crippen LogP contribution in [0.25, 0.3) is 0 Å². The topological polar surface area (TPSA) is 74.2 Å². The molecule has 0 aromatic carbocycles. The molecule has 7 nitrogen and oxygen atoms in total. The summed E-state index contributed by atoms with van der Waals surface area (Å²) in [4.78, 5) is 9.70. The van der Waals surface area contributed by atoms with Crippen molar-refractivity contribution in [1.29, 1.82) is 0 Å². The van der Waals surface area contributed by atoms with Crippen LogP contribution in [0, 0.1) is 0 Å². The first-order valence-electron chi connectivity index (χ1n) is 10.00. The largest absolute Gasteiger partial charge is 0.381 e. The van der Waals surface area contributed by atoms with E-state index in [0.29, 0.717) is 38.6 Å². The van der Waals surface area contributed by atoms with Crippen molar-refractivity contribution in [3.63, 3.8) is 0 Å². The van der Waals surface area contributed by atoms with Crippen LogP contribution in [-0.4, -0.2) is 93.7 Å². The maximum absolute atomic E-state index is 12.5. The van der Waals surface area contributed by atoms with E-state index in [9.17, 15) is 8.42 Å². The number of hydrogen-bond donors (Lipinski definition) is 1. The van der Waals surface area contributed by atoms with Crippen molar-refractivity contribution in [3.8, 4) is 0 Å². The van der Waals surface area contributed by atoms with E-state index in [0.717, 1.165) is 32.0 Å². The predicted molar refractivity (Wildman–Crippen MR) is 104 cm³/mol. The second-order valence-corrected chi connectivity index (χ2v) is 10.3. The van der Waals surface area contributed by atoms with Crippen LogP contribution in [0.2, 0.25) is 0 Å². The van der Waals surface area contributed by atoms with E-state index in [4.69, 9.17) is 9.73 Å². The lowest BCUT2D eigenvalue weighted by Crippen LogP contribution is -2.48. The number of aliphatic imine (C=N–C) groups is 1. The minimum absolute atomic E-state index is 0.322. The highest BCUT2D eigenvalue weighted by Gasteiger charge is 2.42. The molecule has 0 amide bonds. The van der Waals surface area contributed by atoms with Crippen molar-refractivity contribution >= 4 is 15.8 Å². The standard InChI is InChI=1S/C18H34N4O3S/c1-3-19-17(22-11-6-16(14-22)21-9-4-5-10-21)20-15-18(26(2,23)24)7-12-25-13-8-18/h16H,3-15H2,1-2H3,(H,19,20). The van der Waals surface area contributed by atoms with Gasteiger partial charge in [-0.05, 0) is 52.1 Å². The van der Waals surface area contributed by atoms with Crippen LogP contribution in [0.1, 0.15) is 39.0 Å². The monoisotopic (exact) mass is 386 g/mol. The van der Waals surface area contributed by atoms with Gasteiger partial charge in [-0.25, -0.2) is 8.42 Å². The van der Waals surface area contributed by atoms with Crippen molar-refractivity contribution in [3.05, 3.63) is 0 Å². The molecule has 0 spiro atoms. The zero-order valence-electron chi connectivity index (χ0n) is 16.2. The van der Waals surface area contributed by atoms with Crippen LogP contribution in [-0.2, 0) is 14.6 Å². The molecule has 1 N–H and O–H groups in total. The maximum Gasteiger partial charge on any atom is 0.194 e. The summed E-state index contributed by atoms with van der Waals surface area (Å²) in [5, 5.41) is 3.38. The van der Waals surface area contributed by atoms with E-state index in [1.807, 2.05) is 0 Å². The summed E-state index contributed by atoms with van der Waals surface area (Å²) >= 11 is 0. The summed E-state index contributed by atoms with van der Waals surface area (Å²) in [6.45, 7) is 8.57. The summed E-state index contributed by atoms with van der Waals surface area (Å²) < 4.78 is 29.5. The number of ether oxygens (including phenoxy) is 1. The first-order valence-corrected chi connectivity index (χ1v) is 11.9. The van der Waals surface area contributed by atoms with Gasteiger partial charge in [0.1, 0.15) is 0 Å². The van der Waals surface area contributed by atoms with Crippen LogP contribution in [0.4, 0.5) is 0 Å². The van der Waals surface area contributed by atoms with E-state index < -0.39 is 14.6 Å². The fraction of sp³-hybridized carbons (Fsp3) is 0.944. The normalized spacial score (nSPS) is 27.8. The van der Waals surface area contributed by atoms with E-state index in [2.05, 4.69) is 22.0 Å². The molecule has 0 aromatic rings. The molecule has 1 unspecified atom stereocenters. The van der Waals surface area contributed by atoms with Crippen molar-refractivity contribution in [2.75, 3.05) is 58.7 Å². The van der Waals surface area contributed by atoms with E-state index in [-0.39, 0.29) is 0 Å². The van der Waals surface area contributed by atoms with Crippen LogP contribution in [0.3, 0.4) is 0 Å². The Balaban J connectivity index is 1.70. The summed E-state index contributed by atoms with van der Waals surface area (Å²) in [5.41, 5.74) is 0. The van der Waals surface area contributed by atoms with Gasteiger partial charge in [0, 0.05) is 45.1 Å². The van der Waals surface area contributed by atoms with E-state index in [1.54, 1.807) is 0 Å². The van der Waals surface area contributed by atoms with Crippen LogP contribution >= 0.6 is 0 Å². The molecule has 0 aromatic heterocycles. The summed E-state index contributed by atoms with van der Waals surface area (Å²) in [6, 6.07) is 0.605. The number of nitrogens with zero attached hydrogens (tertiary/aromatic N) is 3. The Morgan fingerprint density at radius 1 is 1.23 bits per heavy atom. The van der Waals surface area contributed by atoms with E-state index in [1.165, 1.54) is 32.2 Å². The van der Waals surface area contributed by atoms with Gasteiger partial charge in [0.2, 0.25) is 0 Å². The number of hydrogen-bond acceptors (Lipinski definition) is 5. The molecule has 0 aliphatic carbocycles. The third-order valence-corrected chi connectivity index (χ3v) is 8.27. The molecule has 3 fully saturated rings. The zero-order chi connectivity index (χ0) is 18.6. The summed E-state index contributed by atoms with van der Waals surface area (Å²) in [5.74, 6) is 0.865. The van der Waals surface area contributed by atoms with Gasteiger partial charge < -0.3 is 15.0 Å². The Morgan fingerprint density at radius 3 is 2.54 bits per heavy atom. The first kappa shape index (κ1) is 19.9. The lowest BCUT2D eigenvalue weighted by molar-refractivity contribution is 0.0767. The minimum Gasteiger partial charge on any atom is -0.381 e. The lowest BCUT2D eigenvalue weighted by atomic mass is 9.99. The van der Waals surface area contributed by atoms with Gasteiger partial charge in [0.15, 0.2) is 15.8 Å². The zero-order valence-corrected chi connectivity index (χ0v) is 17.1. The number of nitrogens with one attached hydrogen (secondary N) is 1. The molecule has 0 saturated carbocycles. The Labute approximate surface area is 158 Å². The summed E-state index contributed by atoms with van der Waals surface area (Å²) in [7, 11) is -3.19. The van der Waals surface area contributed by atoms with Gasteiger partial charge in [0.25, 0.3) is 0 Å². The van der Waals surface area contributed by atoms with Crippen LogP contribution < -0.4 is 5.32 Å². The molecule has 3 saturated heterocycles. The Bertz CT molecular complexity index is 596. The van der Waals surface area contributed by atoms with Gasteiger partial charge in [-0.1, -0.05) is 0 Å². The highest BCUT2D eigenvalue weighted by Crippen LogP contribution is 2.30. The second-order valence-electron chi connectivity index (χ2n) is 7.87. The molecule has 0 bridgehead atoms. The fourth-order valence-electron chi connectivity index (χ4n) is 4.37. The lowest BCUT2D eigenvalue weighted by Gasteiger charge is -2.34. The highest BCUT2D eigenvalue weighted by atomic mass is 32.2. The number of sulfone groups is 1. The third-order valence-electron chi connectivity index (χ3n) is 6.16. The SMILES string of the molecule is CCNC(=NCC1(S(C)(=O)=O)CCOCC1)N1CCC(N2CCCC2)C1. The number of rotatable bonds is 5. The molecule has 150 valence electrons. The number of guanidine groups is 1. The van der Waals surface area contributed by atoms with Crippen LogP contribution in [0.15, 0.2) is 4.99 Å². The molecule has 3 aliphatic heterocycles. The minimum atomic E-state index is -3.19. The molecule has 3 rings (SSSR count). The van der Waals surface area contributed by atoms with Gasteiger partial charge in [-0.2, -0.15) is 0 Å². The molecule has 0 radical (unpaired) electrons. The molecular formula is C18H34N4O3S. The average Bonchev–Trinajstić information content (AvgIpc) is 3.29. The molecule has 3 aliphatic rings. The number of likely N-dealkylation sites (tertiary alicyclic amines) is 2. The van der Waals surface area contributed by atoms with Crippen molar-refractivity contribution < 1.29 is 13.2 Å². The smallest absolute Gasteiger partial charge is 0.194 e. The molecule has 26 heavy (non-hydrogen) atoms. The average molecular weight is 387 g/mol. The Kier molecular flexibility index (Phi) is 6.45. The maximum atomic E-state index is 12.5. The fourth-order valence-corrected chi connectivity index (χ4v) is 5.58. The van der Waals surface area contributed by atoms with Crippen LogP contribution in [0.5, 0.6) is 0 Å². The Hall–Kier alpha value is -0.860. The molecule has 8 heteroatoms. The van der Waals surface area contributed by atoms with Gasteiger partial charge in [0.05, 0.1) is 11.3 Å². The highest BCUT2D eigenvalue weighted by molar-refractivity contribution is 7.92. The molecule has 3 heterocycles. The summed E-state index contributed by atoms with van der Waals surface area (Å²) in [6.07, 6.45) is 6.19. The molecular weight excluding hydrogens is 352 g/mol. The predicted octanol–water partition coefficient (Wildman–Crippen LogP) is 0.716. The van der Waals surface area contributed by atoms with Crippen molar-refractivity contribution in [1.82, 2.24) is 15.1 Å². The van der Waals surface area contributed by atoms with Crippen molar-refractivity contribution in [2.45, 2.75) is 49.8 Å². The van der Waals surface area contributed by atoms with Crippen molar-refractivity contribution in [2.24, 2.45) is 4.99 Å². The molecule has 1 atom stereocenters. The van der Waals surface area contributed by atoms with Gasteiger partial charge in [-0.15, -0.1) is 0 Å². The van der Waals surface area contributed by atoms with Gasteiger partial charge >= 0.3 is 0 Å². The Morgan fingerprint density at radius 2 is 1.92 bits per heavy atom. The quantitative estimate of drug-likeness (QED) is 0.554.